The molecule has 0 unspecified atom stereocenters. The first-order valence-corrected chi connectivity index (χ1v) is 6.02. The van der Waals surface area contributed by atoms with E-state index in [0.29, 0.717) is 16.4 Å². The highest BCUT2D eigenvalue weighted by molar-refractivity contribution is 9.10. The van der Waals surface area contributed by atoms with Crippen LogP contribution in [0.25, 0.3) is 16.7 Å². The van der Waals surface area contributed by atoms with Crippen LogP contribution in [-0.4, -0.2) is 24.7 Å². The van der Waals surface area contributed by atoms with Gasteiger partial charge in [-0.15, -0.1) is 5.10 Å². The maximum Gasteiger partial charge on any atom is 0.248 e. The minimum Gasteiger partial charge on any atom is -0.322 e. The monoisotopic (exact) mass is 305 g/mol. The molecule has 0 radical (unpaired) electrons. The van der Waals surface area contributed by atoms with Crippen molar-refractivity contribution >= 4 is 26.8 Å². The van der Waals surface area contributed by atoms with Crippen molar-refractivity contribution in [1.82, 2.24) is 24.7 Å². The Morgan fingerprint density at radius 2 is 2.17 bits per heavy atom. The number of hydrogen-bond acceptors (Lipinski definition) is 4. The van der Waals surface area contributed by atoms with E-state index in [9.17, 15) is 4.79 Å². The molecular weight excluding hydrogens is 298 g/mol. The van der Waals surface area contributed by atoms with E-state index in [0.717, 1.165) is 10.9 Å². The molecule has 0 atom stereocenters. The second-order valence-electron chi connectivity index (χ2n) is 3.76. The number of H-pyrrole nitrogens is 1. The Morgan fingerprint density at radius 1 is 1.33 bits per heavy atom. The van der Waals surface area contributed by atoms with Gasteiger partial charge in [-0.25, -0.2) is 9.97 Å². The number of rotatable bonds is 1. The normalized spacial score (nSPS) is 11.0. The molecule has 1 N–H and O–H groups in total. The van der Waals surface area contributed by atoms with Crippen LogP contribution < -0.4 is 5.56 Å². The summed E-state index contributed by atoms with van der Waals surface area (Å²) in [6, 6.07) is 4.95. The van der Waals surface area contributed by atoms with Crippen LogP contribution in [-0.2, 0) is 0 Å². The van der Waals surface area contributed by atoms with Crippen LogP contribution in [0, 0.1) is 6.92 Å². The Balaban J connectivity index is 2.36. The van der Waals surface area contributed by atoms with Crippen molar-refractivity contribution in [2.45, 2.75) is 6.92 Å². The van der Waals surface area contributed by atoms with Crippen molar-refractivity contribution in [3.05, 3.63) is 45.3 Å². The van der Waals surface area contributed by atoms with Gasteiger partial charge in [0, 0.05) is 17.6 Å². The quantitative estimate of drug-likeness (QED) is 0.740. The van der Waals surface area contributed by atoms with E-state index < -0.39 is 0 Å². The third kappa shape index (κ3) is 1.72. The standard InChI is InChI=1S/C11H8BrN5O/c1-6-14-11(12)16-17(6)10-7-2-3-9(18)15-8(7)4-5-13-10/h2-5H,1H3,(H,15,18). The molecule has 0 aliphatic carbocycles. The average molecular weight is 306 g/mol. The molecule has 6 nitrogen and oxygen atoms in total. The summed E-state index contributed by atoms with van der Waals surface area (Å²) >= 11 is 3.23. The first kappa shape index (κ1) is 11.1. The van der Waals surface area contributed by atoms with Gasteiger partial charge < -0.3 is 4.98 Å². The van der Waals surface area contributed by atoms with Crippen molar-refractivity contribution in [2.75, 3.05) is 0 Å². The van der Waals surface area contributed by atoms with E-state index in [1.807, 2.05) is 6.92 Å². The minimum atomic E-state index is -0.142. The number of pyridine rings is 2. The predicted octanol–water partition coefficient (Wildman–Crippen LogP) is 1.57. The van der Waals surface area contributed by atoms with Gasteiger partial charge >= 0.3 is 0 Å². The molecule has 0 aliphatic rings. The van der Waals surface area contributed by atoms with Crippen LogP contribution in [0.15, 0.2) is 33.9 Å². The molecule has 3 aromatic rings. The highest BCUT2D eigenvalue weighted by atomic mass is 79.9. The lowest BCUT2D eigenvalue weighted by Gasteiger charge is -2.05. The number of fused-ring (bicyclic) bond motifs is 1. The summed E-state index contributed by atoms with van der Waals surface area (Å²) in [5.74, 6) is 1.35. The maximum atomic E-state index is 11.3. The van der Waals surface area contributed by atoms with E-state index in [1.54, 1.807) is 23.0 Å². The fourth-order valence-corrected chi connectivity index (χ4v) is 2.21. The minimum absolute atomic E-state index is 0.142. The Morgan fingerprint density at radius 3 is 2.89 bits per heavy atom. The molecule has 0 bridgehead atoms. The fraction of sp³-hybridized carbons (Fsp3) is 0.0909. The Bertz CT molecular complexity index is 791. The molecule has 0 saturated carbocycles. The van der Waals surface area contributed by atoms with Crippen LogP contribution in [0.1, 0.15) is 5.82 Å². The third-order valence-electron chi connectivity index (χ3n) is 2.57. The number of aromatic nitrogens is 5. The summed E-state index contributed by atoms with van der Waals surface area (Å²) in [7, 11) is 0. The van der Waals surface area contributed by atoms with Gasteiger partial charge in [0.1, 0.15) is 5.82 Å². The van der Waals surface area contributed by atoms with Crippen LogP contribution in [0.4, 0.5) is 0 Å². The number of aryl methyl sites for hydroxylation is 1. The van der Waals surface area contributed by atoms with Gasteiger partial charge in [-0.2, -0.15) is 4.68 Å². The van der Waals surface area contributed by atoms with Crippen molar-refractivity contribution in [3.63, 3.8) is 0 Å². The largest absolute Gasteiger partial charge is 0.322 e. The zero-order valence-corrected chi connectivity index (χ0v) is 11.0. The van der Waals surface area contributed by atoms with Crippen molar-refractivity contribution < 1.29 is 0 Å². The van der Waals surface area contributed by atoms with E-state index in [1.165, 1.54) is 6.07 Å². The Kier molecular flexibility index (Phi) is 2.48. The van der Waals surface area contributed by atoms with Crippen molar-refractivity contribution in [3.8, 4) is 5.82 Å². The fourth-order valence-electron chi connectivity index (χ4n) is 1.80. The predicted molar refractivity (Wildman–Crippen MR) is 69.7 cm³/mol. The summed E-state index contributed by atoms with van der Waals surface area (Å²) in [5, 5.41) is 5.04. The van der Waals surface area contributed by atoms with E-state index in [4.69, 9.17) is 0 Å². The molecule has 0 fully saturated rings. The highest BCUT2D eigenvalue weighted by Gasteiger charge is 2.10. The zero-order chi connectivity index (χ0) is 12.7. The van der Waals surface area contributed by atoms with E-state index in [-0.39, 0.29) is 5.56 Å². The lowest BCUT2D eigenvalue weighted by molar-refractivity contribution is 0.814. The zero-order valence-electron chi connectivity index (χ0n) is 9.38. The maximum absolute atomic E-state index is 11.3. The number of hydrogen-bond donors (Lipinski definition) is 1. The lowest BCUT2D eigenvalue weighted by atomic mass is 10.2. The molecule has 18 heavy (non-hydrogen) atoms. The SMILES string of the molecule is Cc1nc(Br)nn1-c1nccc2[nH]c(=O)ccc12. The van der Waals surface area contributed by atoms with Gasteiger partial charge in [-0.05, 0) is 35.0 Å². The first-order valence-electron chi connectivity index (χ1n) is 5.23. The second kappa shape index (κ2) is 4.02. The molecule has 3 heterocycles. The Hall–Kier alpha value is -2.02. The van der Waals surface area contributed by atoms with E-state index in [2.05, 4.69) is 36.0 Å². The highest BCUT2D eigenvalue weighted by Crippen LogP contribution is 2.18. The van der Waals surface area contributed by atoms with Crippen LogP contribution in [0.5, 0.6) is 0 Å². The van der Waals surface area contributed by atoms with Gasteiger partial charge in [0.2, 0.25) is 10.3 Å². The van der Waals surface area contributed by atoms with Gasteiger partial charge in [0.25, 0.3) is 0 Å². The van der Waals surface area contributed by atoms with Gasteiger partial charge in [-0.1, -0.05) is 0 Å². The molecule has 0 aliphatic heterocycles. The molecule has 0 amide bonds. The number of nitrogens with zero attached hydrogens (tertiary/aromatic N) is 4. The summed E-state index contributed by atoms with van der Waals surface area (Å²) in [4.78, 5) is 22.5. The first-order chi connectivity index (χ1) is 8.65. The molecule has 90 valence electrons. The smallest absolute Gasteiger partial charge is 0.248 e. The summed E-state index contributed by atoms with van der Waals surface area (Å²) in [6.45, 7) is 1.84. The summed E-state index contributed by atoms with van der Waals surface area (Å²) < 4.78 is 2.13. The van der Waals surface area contributed by atoms with Gasteiger partial charge in [0.05, 0.1) is 5.52 Å². The molecule has 3 rings (SSSR count). The molecular formula is C11H8BrN5O. The molecule has 3 aromatic heterocycles. The van der Waals surface area contributed by atoms with Crippen LogP contribution in [0.3, 0.4) is 0 Å². The van der Waals surface area contributed by atoms with Crippen LogP contribution in [0.2, 0.25) is 0 Å². The van der Waals surface area contributed by atoms with Gasteiger partial charge in [0.15, 0.2) is 5.82 Å². The molecule has 0 saturated heterocycles. The molecule has 7 heteroatoms. The molecule has 0 aromatic carbocycles. The van der Waals surface area contributed by atoms with Gasteiger partial charge in [-0.3, -0.25) is 4.79 Å². The summed E-state index contributed by atoms with van der Waals surface area (Å²) in [6.07, 6.45) is 1.63. The number of halogens is 1. The molecule has 0 spiro atoms. The van der Waals surface area contributed by atoms with Crippen LogP contribution >= 0.6 is 15.9 Å². The van der Waals surface area contributed by atoms with Crippen molar-refractivity contribution in [2.24, 2.45) is 0 Å². The number of nitrogens with one attached hydrogen (secondary N) is 1. The topological polar surface area (TPSA) is 76.5 Å². The summed E-state index contributed by atoms with van der Waals surface area (Å²) in [5.41, 5.74) is 0.578. The van der Waals surface area contributed by atoms with E-state index >= 15 is 0 Å². The average Bonchev–Trinajstić information content (AvgIpc) is 2.67. The Labute approximate surface area is 110 Å². The lowest BCUT2D eigenvalue weighted by Crippen LogP contribution is -2.07. The third-order valence-corrected chi connectivity index (χ3v) is 2.91. The number of aromatic amines is 1. The van der Waals surface area contributed by atoms with Crippen molar-refractivity contribution in [1.29, 1.82) is 0 Å². The second-order valence-corrected chi connectivity index (χ2v) is 4.47.